The molecule has 3 aliphatic rings. The molecule has 3 aliphatic carbocycles. The molecule has 24 heavy (non-hydrogen) atoms. The lowest BCUT2D eigenvalue weighted by molar-refractivity contribution is -0.119. The van der Waals surface area contributed by atoms with Gasteiger partial charge in [0.15, 0.2) is 9.84 Å². The van der Waals surface area contributed by atoms with Crippen molar-refractivity contribution in [2.75, 3.05) is 5.75 Å². The summed E-state index contributed by atoms with van der Waals surface area (Å²) >= 11 is 0. The van der Waals surface area contributed by atoms with Crippen LogP contribution in [-0.4, -0.2) is 26.1 Å². The van der Waals surface area contributed by atoms with E-state index >= 15 is 0 Å². The molecule has 1 aromatic carbocycles. The van der Waals surface area contributed by atoms with Gasteiger partial charge in [-0.3, -0.25) is 4.79 Å². The Kier molecular flexibility index (Phi) is 4.15. The summed E-state index contributed by atoms with van der Waals surface area (Å²) in [6.45, 7) is 0. The molecule has 5 heteroatoms. The molecule has 130 valence electrons. The molecule has 1 unspecified atom stereocenters. The van der Waals surface area contributed by atoms with E-state index in [2.05, 4.69) is 5.32 Å². The van der Waals surface area contributed by atoms with Crippen molar-refractivity contribution in [2.45, 2.75) is 56.2 Å². The summed E-state index contributed by atoms with van der Waals surface area (Å²) < 4.78 is 25.7. The van der Waals surface area contributed by atoms with E-state index in [9.17, 15) is 13.2 Å². The Morgan fingerprint density at radius 3 is 2.42 bits per heavy atom. The summed E-state index contributed by atoms with van der Waals surface area (Å²) in [5.41, 5.74) is 2.02. The molecule has 2 saturated carbocycles. The molecule has 0 radical (unpaired) electrons. The van der Waals surface area contributed by atoms with Crippen LogP contribution >= 0.6 is 0 Å². The molecular formula is C19H25NO3S. The van der Waals surface area contributed by atoms with Crippen LogP contribution in [0.1, 0.15) is 54.9 Å². The van der Waals surface area contributed by atoms with Crippen molar-refractivity contribution < 1.29 is 13.2 Å². The Labute approximate surface area is 143 Å². The Balaban J connectivity index is 1.46. The largest absolute Gasteiger partial charge is 0.352 e. The van der Waals surface area contributed by atoms with Crippen LogP contribution in [-0.2, 0) is 21.1 Å². The monoisotopic (exact) mass is 347 g/mol. The number of hydrogen-bond acceptors (Lipinski definition) is 3. The third-order valence-electron chi connectivity index (χ3n) is 5.67. The summed E-state index contributed by atoms with van der Waals surface area (Å²) in [6.07, 6.45) is 7.11. The maximum atomic E-state index is 12.9. The molecule has 4 nitrogen and oxygen atoms in total. The number of amides is 1. The molecule has 1 aromatic rings. The van der Waals surface area contributed by atoms with Crippen LogP contribution in [0.2, 0.25) is 0 Å². The highest BCUT2D eigenvalue weighted by Gasteiger charge is 2.43. The second-order valence-corrected chi connectivity index (χ2v) is 9.84. The van der Waals surface area contributed by atoms with E-state index in [4.69, 9.17) is 0 Å². The first-order valence-corrected chi connectivity index (χ1v) is 10.8. The van der Waals surface area contributed by atoms with Gasteiger partial charge in [0.05, 0.1) is 5.25 Å². The van der Waals surface area contributed by atoms with Crippen molar-refractivity contribution in [3.8, 4) is 0 Å². The fraction of sp³-hybridized carbons (Fsp3) is 0.632. The van der Waals surface area contributed by atoms with Gasteiger partial charge in [-0.05, 0) is 67.9 Å². The minimum atomic E-state index is -3.46. The summed E-state index contributed by atoms with van der Waals surface area (Å²) in [4.78, 5) is 12.4. The topological polar surface area (TPSA) is 63.2 Å². The van der Waals surface area contributed by atoms with Crippen LogP contribution < -0.4 is 5.32 Å². The summed E-state index contributed by atoms with van der Waals surface area (Å²) in [6, 6.07) is 7.98. The van der Waals surface area contributed by atoms with Gasteiger partial charge in [-0.1, -0.05) is 24.3 Å². The smallest absolute Gasteiger partial charge is 0.235 e. The quantitative estimate of drug-likeness (QED) is 0.861. The van der Waals surface area contributed by atoms with Crippen molar-refractivity contribution >= 4 is 15.7 Å². The van der Waals surface area contributed by atoms with Gasteiger partial charge >= 0.3 is 0 Å². The molecule has 1 amide bonds. The normalized spacial score (nSPS) is 23.8. The van der Waals surface area contributed by atoms with Gasteiger partial charge < -0.3 is 5.32 Å². The Bertz CT molecular complexity index is 723. The molecule has 0 aliphatic heterocycles. The number of benzene rings is 1. The van der Waals surface area contributed by atoms with E-state index in [1.807, 2.05) is 24.3 Å². The number of carbonyl (C=O) groups excluding carboxylic acids is 1. The second-order valence-electron chi connectivity index (χ2n) is 7.66. The molecule has 1 atom stereocenters. The van der Waals surface area contributed by atoms with E-state index in [1.165, 1.54) is 25.7 Å². The van der Waals surface area contributed by atoms with Crippen molar-refractivity contribution in [3.63, 3.8) is 0 Å². The standard InChI is InChI=1S/C19H25NO3S/c21-18(20-19(14-8-9-14)15-10-11-15)12-24(22,23)17-7-3-5-13-4-1-2-6-16(13)17/h1-2,4,6,14-15,17,19H,3,5,7-12H2,(H,20,21). The van der Waals surface area contributed by atoms with E-state index in [1.54, 1.807) is 0 Å². The minimum absolute atomic E-state index is 0.214. The number of nitrogens with one attached hydrogen (secondary N) is 1. The molecule has 0 aromatic heterocycles. The van der Waals surface area contributed by atoms with Gasteiger partial charge in [-0.25, -0.2) is 8.42 Å². The zero-order chi connectivity index (χ0) is 16.7. The molecule has 2 fully saturated rings. The number of rotatable bonds is 6. The van der Waals surface area contributed by atoms with Crippen LogP contribution in [0.25, 0.3) is 0 Å². The predicted octanol–water partition coefficient (Wildman–Crippen LogP) is 2.78. The fourth-order valence-electron chi connectivity index (χ4n) is 4.12. The van der Waals surface area contributed by atoms with Gasteiger partial charge in [0.1, 0.15) is 5.75 Å². The Hall–Kier alpha value is -1.36. The van der Waals surface area contributed by atoms with Crippen molar-refractivity contribution in [3.05, 3.63) is 35.4 Å². The van der Waals surface area contributed by atoms with Crippen LogP contribution in [0.5, 0.6) is 0 Å². The first kappa shape index (κ1) is 16.1. The Morgan fingerprint density at radius 1 is 1.08 bits per heavy atom. The lowest BCUT2D eigenvalue weighted by atomic mass is 9.91. The molecule has 0 bridgehead atoms. The lowest BCUT2D eigenvalue weighted by Gasteiger charge is -2.25. The zero-order valence-corrected chi connectivity index (χ0v) is 14.7. The van der Waals surface area contributed by atoms with Crippen molar-refractivity contribution in [2.24, 2.45) is 11.8 Å². The first-order chi connectivity index (χ1) is 11.5. The van der Waals surface area contributed by atoms with Crippen LogP contribution in [0.3, 0.4) is 0 Å². The second kappa shape index (κ2) is 6.17. The molecule has 0 spiro atoms. The van der Waals surface area contributed by atoms with Crippen LogP contribution in [0.15, 0.2) is 24.3 Å². The van der Waals surface area contributed by atoms with Gasteiger partial charge in [0.25, 0.3) is 0 Å². The van der Waals surface area contributed by atoms with E-state index in [0.717, 1.165) is 24.0 Å². The van der Waals surface area contributed by atoms with Crippen molar-refractivity contribution in [1.82, 2.24) is 5.32 Å². The summed E-state index contributed by atoms with van der Waals surface area (Å²) in [5.74, 6) is 0.489. The Morgan fingerprint density at radius 2 is 1.75 bits per heavy atom. The average molecular weight is 347 g/mol. The van der Waals surface area contributed by atoms with E-state index in [0.29, 0.717) is 18.3 Å². The number of fused-ring (bicyclic) bond motifs is 1. The molecule has 0 heterocycles. The molecule has 0 saturated heterocycles. The van der Waals surface area contributed by atoms with Gasteiger partial charge in [-0.2, -0.15) is 0 Å². The molecule has 1 N–H and O–H groups in total. The van der Waals surface area contributed by atoms with Gasteiger partial charge in [-0.15, -0.1) is 0 Å². The minimum Gasteiger partial charge on any atom is -0.352 e. The first-order valence-electron chi connectivity index (χ1n) is 9.13. The highest BCUT2D eigenvalue weighted by atomic mass is 32.2. The predicted molar refractivity (Wildman–Crippen MR) is 93.3 cm³/mol. The van der Waals surface area contributed by atoms with E-state index < -0.39 is 15.1 Å². The maximum absolute atomic E-state index is 12.9. The van der Waals surface area contributed by atoms with E-state index in [-0.39, 0.29) is 17.7 Å². The number of aryl methyl sites for hydroxylation is 1. The number of carbonyl (C=O) groups is 1. The lowest BCUT2D eigenvalue weighted by Crippen LogP contribution is -2.42. The fourth-order valence-corrected chi connectivity index (χ4v) is 5.92. The van der Waals surface area contributed by atoms with Crippen LogP contribution in [0, 0.1) is 11.8 Å². The third kappa shape index (κ3) is 3.37. The summed E-state index contributed by atoms with van der Waals surface area (Å²) in [7, 11) is -3.46. The average Bonchev–Trinajstić information content (AvgIpc) is 3.45. The van der Waals surface area contributed by atoms with Gasteiger partial charge in [0, 0.05) is 6.04 Å². The van der Waals surface area contributed by atoms with Gasteiger partial charge in [0.2, 0.25) is 5.91 Å². The summed E-state index contributed by atoms with van der Waals surface area (Å²) in [5, 5.41) is 2.52. The highest BCUT2D eigenvalue weighted by molar-refractivity contribution is 7.92. The molecule has 4 rings (SSSR count). The zero-order valence-electron chi connectivity index (χ0n) is 13.9. The molecular weight excluding hydrogens is 322 g/mol. The van der Waals surface area contributed by atoms with Crippen LogP contribution in [0.4, 0.5) is 0 Å². The number of sulfone groups is 1. The van der Waals surface area contributed by atoms with Crippen molar-refractivity contribution in [1.29, 1.82) is 0 Å². The SMILES string of the molecule is O=C(CS(=O)(=O)C1CCCc2ccccc21)NC(C1CC1)C1CC1. The third-order valence-corrected chi connectivity index (χ3v) is 7.69. The highest BCUT2D eigenvalue weighted by Crippen LogP contribution is 2.44. The maximum Gasteiger partial charge on any atom is 0.235 e. The number of hydrogen-bond donors (Lipinski definition) is 1.